The first-order chi connectivity index (χ1) is 10.2. The first-order valence-electron chi connectivity index (χ1n) is 7.38. The summed E-state index contributed by atoms with van der Waals surface area (Å²) in [6.07, 6.45) is 1.17. The van der Waals surface area contributed by atoms with Gasteiger partial charge in [0, 0.05) is 29.0 Å². The minimum Gasteiger partial charge on any atom is -0.313 e. The van der Waals surface area contributed by atoms with Crippen molar-refractivity contribution in [1.82, 2.24) is 10.2 Å². The topological polar surface area (TPSA) is 15.3 Å². The van der Waals surface area contributed by atoms with Gasteiger partial charge in [0.1, 0.15) is 0 Å². The third kappa shape index (κ3) is 5.55. The molecule has 1 N–H and O–H groups in total. The van der Waals surface area contributed by atoms with Crippen molar-refractivity contribution in [3.05, 3.63) is 56.2 Å². The Labute approximate surface area is 140 Å². The van der Waals surface area contributed by atoms with Crippen molar-refractivity contribution < 1.29 is 0 Å². The van der Waals surface area contributed by atoms with Crippen LogP contribution in [0.25, 0.3) is 0 Å². The van der Waals surface area contributed by atoms with Crippen molar-refractivity contribution in [2.75, 3.05) is 13.6 Å². The van der Waals surface area contributed by atoms with Crippen LogP contribution < -0.4 is 5.32 Å². The number of hydrogen-bond donors (Lipinski definition) is 1. The fraction of sp³-hybridized carbons (Fsp3) is 0.412. The largest absolute Gasteiger partial charge is 0.313 e. The summed E-state index contributed by atoms with van der Waals surface area (Å²) in [4.78, 5) is 3.76. The van der Waals surface area contributed by atoms with E-state index in [2.05, 4.69) is 75.8 Å². The molecule has 0 fully saturated rings. The zero-order valence-electron chi connectivity index (χ0n) is 12.7. The smallest absolute Gasteiger partial charge is 0.0328 e. The number of hydrogen-bond acceptors (Lipinski definition) is 3. The molecule has 0 bridgehead atoms. The molecule has 4 heteroatoms. The van der Waals surface area contributed by atoms with Crippen molar-refractivity contribution in [2.24, 2.45) is 0 Å². The lowest BCUT2D eigenvalue weighted by molar-refractivity contribution is 0.321. The van der Waals surface area contributed by atoms with E-state index in [9.17, 15) is 0 Å². The SMILES string of the molecule is CCCNCc1ccc(CN(C)Cc2cccs2)c(Br)c1. The molecule has 1 aromatic heterocycles. The summed E-state index contributed by atoms with van der Waals surface area (Å²) in [7, 11) is 2.17. The number of nitrogens with one attached hydrogen (secondary N) is 1. The van der Waals surface area contributed by atoms with Crippen LogP contribution in [0.2, 0.25) is 0 Å². The van der Waals surface area contributed by atoms with E-state index in [4.69, 9.17) is 0 Å². The maximum atomic E-state index is 3.71. The standard InChI is InChI=1S/C17H23BrN2S/c1-3-8-19-11-14-6-7-15(17(18)10-14)12-20(2)13-16-5-4-9-21-16/h4-7,9-10,19H,3,8,11-13H2,1-2H3. The Hall–Kier alpha value is -0.680. The van der Waals surface area contributed by atoms with Crippen LogP contribution in [0.3, 0.4) is 0 Å². The molecule has 114 valence electrons. The molecular weight excluding hydrogens is 344 g/mol. The van der Waals surface area contributed by atoms with Gasteiger partial charge in [-0.2, -0.15) is 0 Å². The Morgan fingerprint density at radius 1 is 1.24 bits per heavy atom. The summed E-state index contributed by atoms with van der Waals surface area (Å²) in [6, 6.07) is 11.0. The molecule has 0 saturated heterocycles. The lowest BCUT2D eigenvalue weighted by atomic mass is 10.1. The van der Waals surface area contributed by atoms with E-state index >= 15 is 0 Å². The van der Waals surface area contributed by atoms with Crippen LogP contribution in [0.1, 0.15) is 29.3 Å². The summed E-state index contributed by atoms with van der Waals surface area (Å²) in [5, 5.41) is 5.57. The van der Waals surface area contributed by atoms with Crippen LogP contribution >= 0.6 is 27.3 Å². The lowest BCUT2D eigenvalue weighted by Gasteiger charge is -2.17. The van der Waals surface area contributed by atoms with Crippen molar-refractivity contribution >= 4 is 27.3 Å². The van der Waals surface area contributed by atoms with E-state index in [0.717, 1.165) is 26.2 Å². The summed E-state index contributed by atoms with van der Waals surface area (Å²) in [5.74, 6) is 0. The molecule has 0 aliphatic rings. The number of rotatable bonds is 8. The highest BCUT2D eigenvalue weighted by molar-refractivity contribution is 9.10. The second-order valence-corrected chi connectivity index (χ2v) is 7.24. The van der Waals surface area contributed by atoms with Crippen LogP contribution in [0.4, 0.5) is 0 Å². The molecule has 0 spiro atoms. The number of halogens is 1. The number of nitrogens with zero attached hydrogens (tertiary/aromatic N) is 1. The number of benzene rings is 1. The fourth-order valence-electron chi connectivity index (χ4n) is 2.25. The second kappa shape index (κ2) is 8.69. The Morgan fingerprint density at radius 3 is 2.76 bits per heavy atom. The van der Waals surface area contributed by atoms with E-state index in [0.29, 0.717) is 0 Å². The maximum Gasteiger partial charge on any atom is 0.0328 e. The van der Waals surface area contributed by atoms with Crippen molar-refractivity contribution in [3.63, 3.8) is 0 Å². The van der Waals surface area contributed by atoms with Gasteiger partial charge in [-0.15, -0.1) is 11.3 Å². The first kappa shape index (κ1) is 16.7. The van der Waals surface area contributed by atoms with Crippen molar-refractivity contribution in [1.29, 1.82) is 0 Å². The van der Waals surface area contributed by atoms with Crippen LogP contribution in [0, 0.1) is 0 Å². The monoisotopic (exact) mass is 366 g/mol. The molecule has 0 aliphatic carbocycles. The molecule has 21 heavy (non-hydrogen) atoms. The Morgan fingerprint density at radius 2 is 2.10 bits per heavy atom. The third-order valence-corrected chi connectivity index (χ3v) is 4.92. The van der Waals surface area contributed by atoms with Crippen LogP contribution in [-0.4, -0.2) is 18.5 Å². The van der Waals surface area contributed by atoms with Gasteiger partial charge in [-0.25, -0.2) is 0 Å². The van der Waals surface area contributed by atoms with Gasteiger partial charge >= 0.3 is 0 Å². The van der Waals surface area contributed by atoms with E-state index in [1.54, 1.807) is 0 Å². The lowest BCUT2D eigenvalue weighted by Crippen LogP contribution is -2.17. The molecule has 2 aromatic rings. The third-order valence-electron chi connectivity index (χ3n) is 3.32. The molecule has 0 unspecified atom stereocenters. The first-order valence-corrected chi connectivity index (χ1v) is 9.05. The fourth-order valence-corrected chi connectivity index (χ4v) is 3.59. The van der Waals surface area contributed by atoms with E-state index in [-0.39, 0.29) is 0 Å². The highest BCUT2D eigenvalue weighted by atomic mass is 79.9. The van der Waals surface area contributed by atoms with Crippen LogP contribution in [0.15, 0.2) is 40.2 Å². The molecule has 0 amide bonds. The van der Waals surface area contributed by atoms with Gasteiger partial charge in [0.2, 0.25) is 0 Å². The molecule has 2 nitrogen and oxygen atoms in total. The molecule has 2 rings (SSSR count). The second-order valence-electron chi connectivity index (χ2n) is 5.35. The van der Waals surface area contributed by atoms with E-state index < -0.39 is 0 Å². The van der Waals surface area contributed by atoms with Gasteiger partial charge in [0.05, 0.1) is 0 Å². The summed E-state index contributed by atoms with van der Waals surface area (Å²) >= 11 is 5.53. The molecule has 0 atom stereocenters. The zero-order chi connectivity index (χ0) is 15.1. The molecular formula is C17H23BrN2S. The van der Waals surface area contributed by atoms with Gasteiger partial charge in [-0.1, -0.05) is 41.1 Å². The predicted molar refractivity (Wildman–Crippen MR) is 95.6 cm³/mol. The van der Waals surface area contributed by atoms with E-state index in [1.807, 2.05) is 11.3 Å². The van der Waals surface area contributed by atoms with E-state index in [1.165, 1.54) is 26.9 Å². The predicted octanol–water partition coefficient (Wildman–Crippen LogP) is 4.64. The van der Waals surface area contributed by atoms with Crippen molar-refractivity contribution in [2.45, 2.75) is 33.0 Å². The summed E-state index contributed by atoms with van der Waals surface area (Å²) < 4.78 is 1.20. The van der Waals surface area contributed by atoms with Gasteiger partial charge < -0.3 is 5.32 Å². The van der Waals surface area contributed by atoms with Gasteiger partial charge in [-0.3, -0.25) is 4.90 Å². The summed E-state index contributed by atoms with van der Waals surface area (Å²) in [5.41, 5.74) is 2.67. The zero-order valence-corrected chi connectivity index (χ0v) is 15.1. The number of thiophene rings is 1. The van der Waals surface area contributed by atoms with Crippen LogP contribution in [-0.2, 0) is 19.6 Å². The Bertz CT molecular complexity index is 540. The minimum absolute atomic E-state index is 0.942. The molecule has 0 saturated carbocycles. The maximum absolute atomic E-state index is 3.71. The van der Waals surface area contributed by atoms with Gasteiger partial charge in [0.15, 0.2) is 0 Å². The summed E-state index contributed by atoms with van der Waals surface area (Å²) in [6.45, 7) is 6.17. The molecule has 0 aliphatic heterocycles. The molecule has 0 radical (unpaired) electrons. The van der Waals surface area contributed by atoms with Crippen molar-refractivity contribution in [3.8, 4) is 0 Å². The molecule has 1 aromatic carbocycles. The van der Waals surface area contributed by atoms with Crippen LogP contribution in [0.5, 0.6) is 0 Å². The normalized spacial score (nSPS) is 11.2. The molecule has 1 heterocycles. The Kier molecular flexibility index (Phi) is 6.90. The highest BCUT2D eigenvalue weighted by Crippen LogP contribution is 2.21. The Balaban J connectivity index is 1.90. The quantitative estimate of drug-likeness (QED) is 0.684. The van der Waals surface area contributed by atoms with Gasteiger partial charge in [-0.05, 0) is 48.7 Å². The highest BCUT2D eigenvalue weighted by Gasteiger charge is 2.06. The average Bonchev–Trinajstić information content (AvgIpc) is 2.95. The van der Waals surface area contributed by atoms with Gasteiger partial charge in [0.25, 0.3) is 0 Å². The average molecular weight is 367 g/mol. The minimum atomic E-state index is 0.942.